The number of halogens is 1. The van der Waals surface area contributed by atoms with Gasteiger partial charge in [-0.05, 0) is 12.8 Å². The SMILES string of the molecule is O=C(C(F)C1(O)CCCC1)N1CC(c2ocnc2Cn2cc(C3(O)CCOCC3)nn2)C1. The summed E-state index contributed by atoms with van der Waals surface area (Å²) in [5, 5.41) is 29.4. The summed E-state index contributed by atoms with van der Waals surface area (Å²) in [7, 11) is 0. The number of rotatable bonds is 6. The van der Waals surface area contributed by atoms with Crippen LogP contribution in [0.3, 0.4) is 0 Å². The van der Waals surface area contributed by atoms with Gasteiger partial charge in [-0.3, -0.25) is 4.79 Å². The number of carbonyl (C=O) groups excluding carboxylic acids is 1. The monoisotopic (exact) mass is 449 g/mol. The van der Waals surface area contributed by atoms with Crippen LogP contribution < -0.4 is 0 Å². The smallest absolute Gasteiger partial charge is 0.260 e. The standard InChI is InChI=1S/C21H28FN5O5/c22-18(21(30)3-1-2-4-21)19(28)26-9-14(10-26)17-15(23-13-32-17)11-27-12-16(24-25-27)20(29)5-7-31-8-6-20/h12-14,18,29-30H,1-11H2. The summed E-state index contributed by atoms with van der Waals surface area (Å²) in [4.78, 5) is 18.2. The fraction of sp³-hybridized carbons (Fsp3) is 0.714. The molecule has 0 aromatic carbocycles. The van der Waals surface area contributed by atoms with Gasteiger partial charge in [0.15, 0.2) is 6.39 Å². The summed E-state index contributed by atoms with van der Waals surface area (Å²) in [5.74, 6) is -0.118. The van der Waals surface area contributed by atoms with E-state index >= 15 is 0 Å². The average molecular weight is 449 g/mol. The Hall–Kier alpha value is -2.37. The lowest BCUT2D eigenvalue weighted by atomic mass is 9.90. The van der Waals surface area contributed by atoms with Crippen molar-refractivity contribution in [3.05, 3.63) is 29.7 Å². The Bertz CT molecular complexity index is 959. The van der Waals surface area contributed by atoms with Crippen molar-refractivity contribution in [1.82, 2.24) is 24.9 Å². The summed E-state index contributed by atoms with van der Waals surface area (Å²) in [6, 6.07) is 0. The third kappa shape index (κ3) is 3.82. The summed E-state index contributed by atoms with van der Waals surface area (Å²) in [5.41, 5.74) is -1.41. The zero-order valence-corrected chi connectivity index (χ0v) is 17.8. The maximum Gasteiger partial charge on any atom is 0.260 e. The van der Waals surface area contributed by atoms with Crippen molar-refractivity contribution in [2.45, 2.75) is 68.4 Å². The summed E-state index contributed by atoms with van der Waals surface area (Å²) in [6.07, 6.45) is 4.23. The molecule has 1 unspecified atom stereocenters. The van der Waals surface area contributed by atoms with E-state index in [-0.39, 0.29) is 5.92 Å². The van der Waals surface area contributed by atoms with Gasteiger partial charge in [0.1, 0.15) is 28.4 Å². The number of amides is 1. The normalized spacial score (nSPS) is 23.8. The van der Waals surface area contributed by atoms with E-state index < -0.39 is 23.3 Å². The molecule has 2 N–H and O–H groups in total. The molecule has 0 spiro atoms. The average Bonchev–Trinajstić information content (AvgIpc) is 3.50. The van der Waals surface area contributed by atoms with Crippen LogP contribution in [0.5, 0.6) is 0 Å². The molecule has 2 aliphatic heterocycles. The molecule has 11 heteroatoms. The van der Waals surface area contributed by atoms with Gasteiger partial charge in [0.2, 0.25) is 6.17 Å². The first-order valence-electron chi connectivity index (χ1n) is 11.2. The minimum atomic E-state index is -1.88. The van der Waals surface area contributed by atoms with Gasteiger partial charge in [0.25, 0.3) is 5.91 Å². The van der Waals surface area contributed by atoms with Crippen molar-refractivity contribution in [3.63, 3.8) is 0 Å². The first-order valence-corrected chi connectivity index (χ1v) is 11.2. The van der Waals surface area contributed by atoms with Crippen molar-refractivity contribution in [2.75, 3.05) is 26.3 Å². The Balaban J connectivity index is 1.21. The van der Waals surface area contributed by atoms with Crippen LogP contribution in [0.25, 0.3) is 0 Å². The van der Waals surface area contributed by atoms with E-state index in [0.29, 0.717) is 75.7 Å². The third-order valence-electron chi connectivity index (χ3n) is 7.04. The summed E-state index contributed by atoms with van der Waals surface area (Å²) in [6.45, 7) is 1.90. The first kappa shape index (κ1) is 21.5. The molecule has 1 amide bonds. The van der Waals surface area contributed by atoms with Gasteiger partial charge in [0.05, 0.1) is 18.7 Å². The molecule has 2 saturated heterocycles. The second-order valence-electron chi connectivity index (χ2n) is 9.22. The molecule has 1 aliphatic carbocycles. The number of hydrogen-bond acceptors (Lipinski definition) is 8. The van der Waals surface area contributed by atoms with Gasteiger partial charge < -0.3 is 24.3 Å². The Kier molecular flexibility index (Phi) is 5.50. The van der Waals surface area contributed by atoms with Crippen molar-refractivity contribution in [3.8, 4) is 0 Å². The van der Waals surface area contributed by atoms with Gasteiger partial charge in [-0.1, -0.05) is 18.1 Å². The van der Waals surface area contributed by atoms with Crippen molar-refractivity contribution < 1.29 is 28.6 Å². The zero-order chi connectivity index (χ0) is 22.3. The predicted octanol–water partition coefficient (Wildman–Crippen LogP) is 0.881. The summed E-state index contributed by atoms with van der Waals surface area (Å²) < 4.78 is 27.1. The van der Waals surface area contributed by atoms with E-state index in [1.807, 2.05) is 0 Å². The third-order valence-corrected chi connectivity index (χ3v) is 7.04. The van der Waals surface area contributed by atoms with Crippen LogP contribution in [0, 0.1) is 0 Å². The molecule has 174 valence electrons. The van der Waals surface area contributed by atoms with Crippen LogP contribution in [0.1, 0.15) is 61.6 Å². The second kappa shape index (κ2) is 8.20. The number of oxazole rings is 1. The minimum absolute atomic E-state index is 0.0930. The van der Waals surface area contributed by atoms with Gasteiger partial charge in [-0.15, -0.1) is 5.10 Å². The molecule has 1 atom stereocenters. The highest BCUT2D eigenvalue weighted by Crippen LogP contribution is 2.37. The van der Waals surface area contributed by atoms with E-state index in [0.717, 1.165) is 12.8 Å². The second-order valence-corrected chi connectivity index (χ2v) is 9.22. The fourth-order valence-electron chi connectivity index (χ4n) is 4.89. The van der Waals surface area contributed by atoms with Crippen LogP contribution in [0.2, 0.25) is 0 Å². The van der Waals surface area contributed by atoms with Crippen LogP contribution >= 0.6 is 0 Å². The molecular weight excluding hydrogens is 421 g/mol. The molecule has 0 bridgehead atoms. The van der Waals surface area contributed by atoms with Crippen LogP contribution in [-0.2, 0) is 21.7 Å². The van der Waals surface area contributed by atoms with Gasteiger partial charge in [-0.25, -0.2) is 14.1 Å². The molecular formula is C21H28FN5O5. The Morgan fingerprint density at radius 2 is 1.94 bits per heavy atom. The lowest BCUT2D eigenvalue weighted by Gasteiger charge is -2.40. The van der Waals surface area contributed by atoms with Gasteiger partial charge in [-0.2, -0.15) is 0 Å². The number of carbonyl (C=O) groups is 1. The molecule has 2 aromatic rings. The van der Waals surface area contributed by atoms with Gasteiger partial charge >= 0.3 is 0 Å². The van der Waals surface area contributed by atoms with E-state index in [9.17, 15) is 19.4 Å². The fourth-order valence-corrected chi connectivity index (χ4v) is 4.89. The maximum absolute atomic E-state index is 14.7. The number of nitrogens with zero attached hydrogens (tertiary/aromatic N) is 5. The Labute approximate surface area is 184 Å². The predicted molar refractivity (Wildman–Crippen MR) is 107 cm³/mol. The molecule has 4 heterocycles. The lowest BCUT2D eigenvalue weighted by molar-refractivity contribution is -0.152. The number of aliphatic hydroxyl groups is 2. The highest BCUT2D eigenvalue weighted by Gasteiger charge is 2.48. The lowest BCUT2D eigenvalue weighted by Crippen LogP contribution is -2.56. The van der Waals surface area contributed by atoms with E-state index in [4.69, 9.17) is 9.15 Å². The van der Waals surface area contributed by atoms with Crippen molar-refractivity contribution >= 4 is 5.91 Å². The molecule has 5 rings (SSSR count). The molecule has 32 heavy (non-hydrogen) atoms. The number of aromatic nitrogens is 4. The minimum Gasteiger partial charge on any atom is -0.448 e. The van der Waals surface area contributed by atoms with Gasteiger partial charge in [0, 0.05) is 39.1 Å². The van der Waals surface area contributed by atoms with E-state index in [1.54, 1.807) is 10.9 Å². The Morgan fingerprint density at radius 1 is 1.22 bits per heavy atom. The molecule has 0 radical (unpaired) electrons. The van der Waals surface area contributed by atoms with E-state index in [1.165, 1.54) is 11.3 Å². The molecule has 1 saturated carbocycles. The van der Waals surface area contributed by atoms with E-state index in [2.05, 4.69) is 15.3 Å². The highest BCUT2D eigenvalue weighted by atomic mass is 19.1. The van der Waals surface area contributed by atoms with Crippen molar-refractivity contribution in [2.24, 2.45) is 0 Å². The largest absolute Gasteiger partial charge is 0.448 e. The molecule has 2 aromatic heterocycles. The summed E-state index contributed by atoms with van der Waals surface area (Å²) >= 11 is 0. The molecule has 10 nitrogen and oxygen atoms in total. The maximum atomic E-state index is 14.7. The Morgan fingerprint density at radius 3 is 2.66 bits per heavy atom. The number of hydrogen-bond donors (Lipinski definition) is 2. The molecule has 3 aliphatic rings. The van der Waals surface area contributed by atoms with Crippen molar-refractivity contribution in [1.29, 1.82) is 0 Å². The van der Waals surface area contributed by atoms with Crippen LogP contribution in [0.4, 0.5) is 4.39 Å². The number of ether oxygens (including phenoxy) is 1. The molecule has 3 fully saturated rings. The quantitative estimate of drug-likeness (QED) is 0.666. The first-order chi connectivity index (χ1) is 15.4. The number of likely N-dealkylation sites (tertiary alicyclic amines) is 1. The van der Waals surface area contributed by atoms with Crippen LogP contribution in [0.15, 0.2) is 17.0 Å². The number of alkyl halides is 1. The van der Waals surface area contributed by atoms with Crippen LogP contribution in [-0.4, -0.2) is 79.1 Å². The zero-order valence-electron chi connectivity index (χ0n) is 17.8. The topological polar surface area (TPSA) is 127 Å². The highest BCUT2D eigenvalue weighted by molar-refractivity contribution is 5.83.